The van der Waals surface area contributed by atoms with Crippen molar-refractivity contribution < 1.29 is 4.92 Å². The number of rotatable bonds is 2. The highest BCUT2D eigenvalue weighted by Crippen LogP contribution is 2.24. The van der Waals surface area contributed by atoms with Gasteiger partial charge in [-0.05, 0) is 12.8 Å². The lowest BCUT2D eigenvalue weighted by Gasteiger charge is -2.21. The van der Waals surface area contributed by atoms with Crippen LogP contribution in [0.1, 0.15) is 25.7 Å². The molecule has 1 fully saturated rings. The van der Waals surface area contributed by atoms with Crippen molar-refractivity contribution in [2.75, 3.05) is 7.05 Å². The van der Waals surface area contributed by atoms with Crippen LogP contribution in [0.3, 0.4) is 0 Å². The Morgan fingerprint density at radius 3 is 2.75 bits per heavy atom. The van der Waals surface area contributed by atoms with Crippen molar-refractivity contribution in [3.8, 4) is 0 Å². The highest BCUT2D eigenvalue weighted by molar-refractivity contribution is 5.61. The lowest BCUT2D eigenvalue weighted by Crippen LogP contribution is -2.33. The van der Waals surface area contributed by atoms with Crippen molar-refractivity contribution in [3.63, 3.8) is 0 Å². The van der Waals surface area contributed by atoms with Gasteiger partial charge in [0, 0.05) is 24.6 Å². The minimum atomic E-state index is -0.387. The Morgan fingerprint density at radius 1 is 1.50 bits per heavy atom. The van der Waals surface area contributed by atoms with E-state index in [1.54, 1.807) is 13.3 Å². The second-order valence-electron chi connectivity index (χ2n) is 3.21. The van der Waals surface area contributed by atoms with Crippen LogP contribution in [0, 0.1) is 16.0 Å². The molecular formula is C8H14N2O2. The number of hydrogen-bond acceptors (Lipinski definition) is 3. The normalized spacial score (nSPS) is 30.8. The van der Waals surface area contributed by atoms with E-state index in [4.69, 9.17) is 0 Å². The van der Waals surface area contributed by atoms with E-state index < -0.39 is 0 Å². The van der Waals surface area contributed by atoms with Crippen molar-refractivity contribution in [3.05, 3.63) is 10.1 Å². The molecule has 0 radical (unpaired) electrons. The monoisotopic (exact) mass is 170 g/mol. The van der Waals surface area contributed by atoms with Crippen LogP contribution in [0.15, 0.2) is 4.99 Å². The van der Waals surface area contributed by atoms with E-state index in [1.165, 1.54) is 0 Å². The molecule has 1 aliphatic carbocycles. The van der Waals surface area contributed by atoms with Crippen molar-refractivity contribution in [1.82, 2.24) is 0 Å². The van der Waals surface area contributed by atoms with Crippen LogP contribution in [-0.2, 0) is 0 Å². The molecule has 1 saturated carbocycles. The van der Waals surface area contributed by atoms with Crippen LogP contribution in [0.4, 0.5) is 0 Å². The third-order valence-electron chi connectivity index (χ3n) is 2.39. The summed E-state index contributed by atoms with van der Waals surface area (Å²) >= 11 is 0. The Balaban J connectivity index is 2.60. The van der Waals surface area contributed by atoms with E-state index in [0.29, 0.717) is 6.42 Å². The summed E-state index contributed by atoms with van der Waals surface area (Å²) < 4.78 is 0. The molecule has 0 aromatic rings. The second-order valence-corrected chi connectivity index (χ2v) is 3.21. The lowest BCUT2D eigenvalue weighted by molar-refractivity contribution is -0.531. The molecule has 4 heteroatoms. The van der Waals surface area contributed by atoms with Crippen LogP contribution in [0.2, 0.25) is 0 Å². The molecule has 1 aliphatic rings. The number of hydrogen-bond donors (Lipinski definition) is 0. The molecule has 12 heavy (non-hydrogen) atoms. The molecule has 0 aliphatic heterocycles. The predicted octanol–water partition coefficient (Wildman–Crippen LogP) is 1.52. The van der Waals surface area contributed by atoms with Gasteiger partial charge < -0.3 is 4.99 Å². The molecule has 1 rings (SSSR count). The number of nitrogens with zero attached hydrogens (tertiary/aromatic N) is 2. The Bertz CT molecular complexity index is 191. The molecule has 2 atom stereocenters. The first kappa shape index (κ1) is 9.16. The fourth-order valence-corrected chi connectivity index (χ4v) is 1.77. The standard InChI is InChI=1S/C8H14N2O2/c1-9-6-7-4-2-3-5-8(7)10(11)12/h6-8H,2-5H2,1H3/b9-6+. The minimum absolute atomic E-state index is 0.0683. The van der Waals surface area contributed by atoms with Gasteiger partial charge in [0.2, 0.25) is 6.04 Å². The van der Waals surface area contributed by atoms with Gasteiger partial charge in [-0.1, -0.05) is 6.42 Å². The molecule has 0 saturated heterocycles. The molecule has 68 valence electrons. The Morgan fingerprint density at radius 2 is 2.17 bits per heavy atom. The Labute approximate surface area is 71.8 Å². The van der Waals surface area contributed by atoms with Gasteiger partial charge >= 0.3 is 0 Å². The number of nitro groups is 1. The third kappa shape index (κ3) is 2.03. The summed E-state index contributed by atoms with van der Waals surface area (Å²) in [6, 6.07) is -0.387. The summed E-state index contributed by atoms with van der Waals surface area (Å²) in [5, 5.41) is 10.6. The molecule has 4 nitrogen and oxygen atoms in total. The predicted molar refractivity (Wildman–Crippen MR) is 47.2 cm³/mol. The summed E-state index contributed by atoms with van der Waals surface area (Å²) in [6.07, 6.45) is 5.44. The van der Waals surface area contributed by atoms with Crippen molar-refractivity contribution in [2.24, 2.45) is 10.9 Å². The first-order valence-corrected chi connectivity index (χ1v) is 4.31. The second kappa shape index (κ2) is 4.18. The Kier molecular flexibility index (Phi) is 3.19. The average Bonchev–Trinajstić information content (AvgIpc) is 2.05. The topological polar surface area (TPSA) is 55.5 Å². The smallest absolute Gasteiger partial charge is 0.220 e. The molecular weight excluding hydrogens is 156 g/mol. The van der Waals surface area contributed by atoms with E-state index >= 15 is 0 Å². The fourth-order valence-electron chi connectivity index (χ4n) is 1.77. The molecule has 0 spiro atoms. The van der Waals surface area contributed by atoms with Crippen molar-refractivity contribution in [2.45, 2.75) is 31.7 Å². The maximum absolute atomic E-state index is 10.6. The largest absolute Gasteiger partial charge is 0.300 e. The van der Waals surface area contributed by atoms with Crippen LogP contribution in [-0.4, -0.2) is 24.2 Å². The maximum Gasteiger partial charge on any atom is 0.220 e. The van der Waals surface area contributed by atoms with Gasteiger partial charge in [-0.3, -0.25) is 10.1 Å². The zero-order valence-electron chi connectivity index (χ0n) is 7.27. The molecule has 0 aromatic heterocycles. The molecule has 0 amide bonds. The van der Waals surface area contributed by atoms with Gasteiger partial charge in [-0.25, -0.2) is 0 Å². The van der Waals surface area contributed by atoms with Crippen LogP contribution in [0.25, 0.3) is 0 Å². The van der Waals surface area contributed by atoms with E-state index in [-0.39, 0.29) is 16.9 Å². The SMILES string of the molecule is C/N=C/C1CCCCC1[N+](=O)[O-]. The van der Waals surface area contributed by atoms with E-state index in [2.05, 4.69) is 4.99 Å². The van der Waals surface area contributed by atoms with Crippen LogP contribution >= 0.6 is 0 Å². The highest BCUT2D eigenvalue weighted by atomic mass is 16.6. The molecule has 0 aromatic carbocycles. The van der Waals surface area contributed by atoms with Gasteiger partial charge in [-0.15, -0.1) is 0 Å². The molecule has 2 unspecified atom stereocenters. The molecule has 0 N–H and O–H groups in total. The quantitative estimate of drug-likeness (QED) is 0.358. The van der Waals surface area contributed by atoms with Crippen molar-refractivity contribution in [1.29, 1.82) is 0 Å². The molecule has 0 heterocycles. The van der Waals surface area contributed by atoms with Crippen molar-refractivity contribution >= 4 is 6.21 Å². The minimum Gasteiger partial charge on any atom is -0.300 e. The fraction of sp³-hybridized carbons (Fsp3) is 0.875. The summed E-state index contributed by atoms with van der Waals surface area (Å²) in [6.45, 7) is 0. The zero-order chi connectivity index (χ0) is 8.97. The molecule has 0 bridgehead atoms. The first-order valence-electron chi connectivity index (χ1n) is 4.31. The van der Waals surface area contributed by atoms with Gasteiger partial charge in [0.1, 0.15) is 0 Å². The average molecular weight is 170 g/mol. The highest BCUT2D eigenvalue weighted by Gasteiger charge is 2.32. The van der Waals surface area contributed by atoms with Gasteiger partial charge in [0.05, 0.1) is 5.92 Å². The summed E-state index contributed by atoms with van der Waals surface area (Å²) in [5.74, 6) is 0.0683. The van der Waals surface area contributed by atoms with Crippen LogP contribution in [0.5, 0.6) is 0 Å². The lowest BCUT2D eigenvalue weighted by atomic mass is 9.86. The maximum atomic E-state index is 10.6. The van der Waals surface area contributed by atoms with E-state index in [1.807, 2.05) is 0 Å². The zero-order valence-corrected chi connectivity index (χ0v) is 7.27. The van der Waals surface area contributed by atoms with E-state index in [9.17, 15) is 10.1 Å². The van der Waals surface area contributed by atoms with Gasteiger partial charge in [0.25, 0.3) is 0 Å². The van der Waals surface area contributed by atoms with Gasteiger partial charge in [0.15, 0.2) is 0 Å². The van der Waals surface area contributed by atoms with Crippen LogP contribution < -0.4 is 0 Å². The summed E-state index contributed by atoms with van der Waals surface area (Å²) in [4.78, 5) is 14.3. The van der Waals surface area contributed by atoms with E-state index in [0.717, 1.165) is 19.3 Å². The first-order chi connectivity index (χ1) is 5.75. The summed E-state index contributed by atoms with van der Waals surface area (Å²) in [7, 11) is 1.67. The third-order valence-corrected chi connectivity index (χ3v) is 2.39. The van der Waals surface area contributed by atoms with Gasteiger partial charge in [-0.2, -0.15) is 0 Å². The number of aliphatic imine (C=N–C) groups is 1. The summed E-state index contributed by atoms with van der Waals surface area (Å²) in [5.41, 5.74) is 0. The Hall–Kier alpha value is -0.930.